The minimum atomic E-state index is -1.28. The molecular weight excluding hydrogens is 484 g/mol. The number of carboxylic acid groups (broad SMARTS) is 1. The number of hydrogen-bond acceptors (Lipinski definition) is 7. The number of nitrogens with one attached hydrogen (secondary N) is 3. The van der Waals surface area contributed by atoms with Gasteiger partial charge in [-0.25, -0.2) is 0 Å². The van der Waals surface area contributed by atoms with E-state index in [4.69, 9.17) is 28.0 Å². The molecule has 4 unspecified atom stereocenters. The third-order valence-corrected chi connectivity index (χ3v) is 5.26. The minimum Gasteiger partial charge on any atom is -0.480 e. The van der Waals surface area contributed by atoms with E-state index in [2.05, 4.69) is 20.9 Å². The summed E-state index contributed by atoms with van der Waals surface area (Å²) in [5, 5.41) is 16.4. The number of aliphatic imine (C=N–C) groups is 1. The largest absolute Gasteiger partial charge is 0.480 e. The Hall–Kier alpha value is -4.20. The molecule has 0 aromatic heterocycles. The third kappa shape index (κ3) is 12.4. The third-order valence-electron chi connectivity index (χ3n) is 5.26. The first-order valence-electron chi connectivity index (χ1n) is 11.7. The van der Waals surface area contributed by atoms with Gasteiger partial charge in [0.15, 0.2) is 5.96 Å². The zero-order chi connectivity index (χ0) is 28.0. The molecule has 0 radical (unpaired) electrons. The van der Waals surface area contributed by atoms with Gasteiger partial charge >= 0.3 is 5.97 Å². The first-order valence-corrected chi connectivity index (χ1v) is 11.7. The Morgan fingerprint density at radius 1 is 0.892 bits per heavy atom. The normalized spacial score (nSPS) is 13.8. The minimum absolute atomic E-state index is 0.0782. The fraction of sp³-hybridized carbons (Fsp3) is 0.478. The zero-order valence-electron chi connectivity index (χ0n) is 20.7. The zero-order valence-corrected chi connectivity index (χ0v) is 20.7. The van der Waals surface area contributed by atoms with Crippen LogP contribution in [0.4, 0.5) is 0 Å². The van der Waals surface area contributed by atoms with Crippen molar-refractivity contribution >= 4 is 35.6 Å². The number of carboxylic acids is 1. The summed E-state index contributed by atoms with van der Waals surface area (Å²) in [4.78, 5) is 64.8. The van der Waals surface area contributed by atoms with Crippen molar-refractivity contribution in [2.24, 2.45) is 27.9 Å². The van der Waals surface area contributed by atoms with Gasteiger partial charge in [-0.3, -0.25) is 29.0 Å². The quantitative estimate of drug-likeness (QED) is 0.0646. The lowest BCUT2D eigenvalue weighted by atomic mass is 10.0. The summed E-state index contributed by atoms with van der Waals surface area (Å²) in [5.41, 5.74) is 22.4. The van der Waals surface area contributed by atoms with Gasteiger partial charge < -0.3 is 44.0 Å². The van der Waals surface area contributed by atoms with E-state index in [0.717, 1.165) is 5.56 Å². The maximum atomic E-state index is 13.2. The average Bonchev–Trinajstić information content (AvgIpc) is 2.83. The van der Waals surface area contributed by atoms with Crippen LogP contribution in [0.15, 0.2) is 35.3 Å². The second kappa shape index (κ2) is 15.7. The van der Waals surface area contributed by atoms with Crippen LogP contribution >= 0.6 is 0 Å². The predicted molar refractivity (Wildman–Crippen MR) is 136 cm³/mol. The molecule has 14 nitrogen and oxygen atoms in total. The second-order valence-corrected chi connectivity index (χ2v) is 8.44. The number of rotatable bonds is 16. The molecule has 0 spiro atoms. The molecule has 0 saturated heterocycles. The number of hydrogen-bond donors (Lipinski definition) is 8. The average molecular weight is 521 g/mol. The van der Waals surface area contributed by atoms with Crippen molar-refractivity contribution < 1.29 is 29.1 Å². The summed E-state index contributed by atoms with van der Waals surface area (Å²) in [6, 6.07) is 4.24. The van der Waals surface area contributed by atoms with E-state index in [1.807, 2.05) is 0 Å². The van der Waals surface area contributed by atoms with Crippen molar-refractivity contribution in [2.75, 3.05) is 6.54 Å². The number of nitrogens with two attached hydrogens (primary N) is 4. The molecule has 0 aliphatic heterocycles. The van der Waals surface area contributed by atoms with Crippen LogP contribution in [-0.2, 0) is 30.4 Å². The van der Waals surface area contributed by atoms with Crippen LogP contribution in [-0.4, -0.2) is 71.4 Å². The van der Waals surface area contributed by atoms with Crippen LogP contribution in [0, 0.1) is 0 Å². The highest BCUT2D eigenvalue weighted by atomic mass is 16.4. The van der Waals surface area contributed by atoms with Crippen LogP contribution in [0.2, 0.25) is 0 Å². The van der Waals surface area contributed by atoms with Crippen molar-refractivity contribution in [1.29, 1.82) is 0 Å². The summed E-state index contributed by atoms with van der Waals surface area (Å²) in [7, 11) is 0. The lowest BCUT2D eigenvalue weighted by Gasteiger charge is -2.25. The molecule has 37 heavy (non-hydrogen) atoms. The lowest BCUT2D eigenvalue weighted by molar-refractivity contribution is -0.142. The van der Waals surface area contributed by atoms with Crippen molar-refractivity contribution in [3.63, 3.8) is 0 Å². The van der Waals surface area contributed by atoms with Crippen molar-refractivity contribution in [3.8, 4) is 0 Å². The Bertz CT molecular complexity index is 967. The number of benzene rings is 1. The van der Waals surface area contributed by atoms with Gasteiger partial charge in [0.25, 0.3) is 0 Å². The van der Waals surface area contributed by atoms with Crippen LogP contribution < -0.4 is 38.9 Å². The molecule has 0 bridgehead atoms. The Balaban J connectivity index is 3.01. The van der Waals surface area contributed by atoms with E-state index in [-0.39, 0.29) is 38.2 Å². The molecule has 204 valence electrons. The highest BCUT2D eigenvalue weighted by Crippen LogP contribution is 2.07. The number of guanidine groups is 1. The van der Waals surface area contributed by atoms with Gasteiger partial charge in [0, 0.05) is 19.4 Å². The topological polar surface area (TPSA) is 258 Å². The van der Waals surface area contributed by atoms with Crippen molar-refractivity contribution in [2.45, 2.75) is 63.2 Å². The molecule has 12 N–H and O–H groups in total. The first kappa shape index (κ1) is 30.8. The van der Waals surface area contributed by atoms with E-state index >= 15 is 0 Å². The van der Waals surface area contributed by atoms with Crippen molar-refractivity contribution in [3.05, 3.63) is 35.9 Å². The molecule has 4 amide bonds. The maximum Gasteiger partial charge on any atom is 0.325 e. The number of carbonyl (C=O) groups excluding carboxylic acids is 4. The van der Waals surface area contributed by atoms with E-state index in [9.17, 15) is 24.0 Å². The first-order chi connectivity index (χ1) is 17.4. The summed E-state index contributed by atoms with van der Waals surface area (Å²) >= 11 is 0. The smallest absolute Gasteiger partial charge is 0.325 e. The number of carbonyl (C=O) groups is 5. The van der Waals surface area contributed by atoms with Gasteiger partial charge in [0.1, 0.15) is 18.1 Å². The summed E-state index contributed by atoms with van der Waals surface area (Å²) in [6.45, 7) is 1.53. The predicted octanol–water partition coefficient (Wildman–Crippen LogP) is -2.57. The monoisotopic (exact) mass is 520 g/mol. The molecule has 4 atom stereocenters. The number of nitrogens with zero attached hydrogens (tertiary/aromatic N) is 1. The van der Waals surface area contributed by atoms with Crippen LogP contribution in [0.25, 0.3) is 0 Å². The van der Waals surface area contributed by atoms with E-state index in [1.165, 1.54) is 6.92 Å². The van der Waals surface area contributed by atoms with Gasteiger partial charge in [-0.05, 0) is 31.7 Å². The van der Waals surface area contributed by atoms with E-state index in [0.29, 0.717) is 6.42 Å². The molecule has 0 fully saturated rings. The Labute approximate surface area is 214 Å². The number of amides is 4. The maximum absolute atomic E-state index is 13.2. The Morgan fingerprint density at radius 3 is 2.05 bits per heavy atom. The number of primary amides is 1. The fourth-order valence-corrected chi connectivity index (χ4v) is 3.19. The second-order valence-electron chi connectivity index (χ2n) is 8.44. The fourth-order valence-electron chi connectivity index (χ4n) is 3.19. The summed E-state index contributed by atoms with van der Waals surface area (Å²) < 4.78 is 0. The molecule has 0 aliphatic carbocycles. The molecule has 14 heteroatoms. The molecule has 0 heterocycles. The van der Waals surface area contributed by atoms with Gasteiger partial charge in [0.05, 0.1) is 6.04 Å². The molecule has 0 aliphatic rings. The molecular formula is C23H36N8O6. The van der Waals surface area contributed by atoms with Gasteiger partial charge in [0.2, 0.25) is 23.6 Å². The van der Waals surface area contributed by atoms with E-state index in [1.54, 1.807) is 30.3 Å². The summed E-state index contributed by atoms with van der Waals surface area (Å²) in [6.07, 6.45) is 0.346. The highest BCUT2D eigenvalue weighted by molar-refractivity contribution is 5.94. The summed E-state index contributed by atoms with van der Waals surface area (Å²) in [5.74, 6) is -4.21. The molecule has 0 saturated carbocycles. The van der Waals surface area contributed by atoms with Crippen LogP contribution in [0.3, 0.4) is 0 Å². The lowest BCUT2D eigenvalue weighted by Crippen LogP contribution is -2.57. The highest BCUT2D eigenvalue weighted by Gasteiger charge is 2.29. The van der Waals surface area contributed by atoms with E-state index < -0.39 is 53.8 Å². The van der Waals surface area contributed by atoms with Crippen LogP contribution in [0.1, 0.15) is 38.2 Å². The molecule has 1 aromatic rings. The SMILES string of the molecule is CC(NC(=O)C(CCC(N)=O)NC(=O)C(Cc1ccccc1)NC(=O)C(N)CCCN=C(N)N)C(=O)O. The molecule has 1 rings (SSSR count). The standard InChI is InChI=1S/C23H36N8O6/c1-13(22(36)37)29-20(34)16(9-10-18(25)32)30-21(35)17(12-14-6-3-2-4-7-14)31-19(33)15(24)8-5-11-28-23(26)27/h2-4,6-7,13,15-17H,5,8-12,24H2,1H3,(H2,25,32)(H,29,34)(H,30,35)(H,31,33)(H,36,37)(H4,26,27,28). The molecule has 1 aromatic carbocycles. The van der Waals surface area contributed by atoms with Gasteiger partial charge in [-0.2, -0.15) is 0 Å². The van der Waals surface area contributed by atoms with Crippen LogP contribution in [0.5, 0.6) is 0 Å². The van der Waals surface area contributed by atoms with Gasteiger partial charge in [-0.15, -0.1) is 0 Å². The van der Waals surface area contributed by atoms with Crippen molar-refractivity contribution in [1.82, 2.24) is 16.0 Å². The Morgan fingerprint density at radius 2 is 1.49 bits per heavy atom. The Kier molecular flexibility index (Phi) is 13.1. The number of aliphatic carboxylic acids is 1. The van der Waals surface area contributed by atoms with Gasteiger partial charge in [-0.1, -0.05) is 30.3 Å².